The lowest BCUT2D eigenvalue weighted by atomic mass is 10.1. The number of halogens is 1. The van der Waals surface area contributed by atoms with Gasteiger partial charge in [0.1, 0.15) is 24.2 Å². The van der Waals surface area contributed by atoms with Gasteiger partial charge >= 0.3 is 0 Å². The smallest absolute Gasteiger partial charge is 0.244 e. The Morgan fingerprint density at radius 1 is 1.16 bits per heavy atom. The van der Waals surface area contributed by atoms with Gasteiger partial charge in [-0.05, 0) is 48.9 Å². The number of amides is 2. The van der Waals surface area contributed by atoms with Gasteiger partial charge in [-0.15, -0.1) is 0 Å². The van der Waals surface area contributed by atoms with Crippen LogP contribution < -0.4 is 14.4 Å². The number of rotatable bonds is 9. The van der Waals surface area contributed by atoms with Crippen LogP contribution in [0.4, 0.5) is 10.1 Å². The molecule has 1 N–H and O–H groups in total. The predicted octanol–water partition coefficient (Wildman–Crippen LogP) is 1.76. The Kier molecular flexibility index (Phi) is 7.98. The van der Waals surface area contributed by atoms with E-state index in [9.17, 15) is 22.4 Å². The maximum Gasteiger partial charge on any atom is 0.244 e. The zero-order valence-corrected chi connectivity index (χ0v) is 18.6. The van der Waals surface area contributed by atoms with Crippen LogP contribution >= 0.6 is 0 Å². The number of methoxy groups -OCH3 is 1. The maximum atomic E-state index is 13.3. The molecule has 2 aromatic rings. The molecule has 0 saturated carbocycles. The van der Waals surface area contributed by atoms with Crippen molar-refractivity contribution in [2.45, 2.75) is 19.5 Å². The van der Waals surface area contributed by atoms with Crippen molar-refractivity contribution in [2.24, 2.45) is 0 Å². The molecule has 31 heavy (non-hydrogen) atoms. The summed E-state index contributed by atoms with van der Waals surface area (Å²) in [4.78, 5) is 26.7. The van der Waals surface area contributed by atoms with Crippen LogP contribution in [0.25, 0.3) is 0 Å². The average Bonchev–Trinajstić information content (AvgIpc) is 2.74. The summed E-state index contributed by atoms with van der Waals surface area (Å²) in [6.07, 6.45) is 0.957. The van der Waals surface area contributed by atoms with Gasteiger partial charge in [-0.1, -0.05) is 12.1 Å². The Morgan fingerprint density at radius 2 is 1.81 bits per heavy atom. The van der Waals surface area contributed by atoms with Crippen LogP contribution in [0.3, 0.4) is 0 Å². The van der Waals surface area contributed by atoms with Crippen molar-refractivity contribution in [2.75, 3.05) is 31.3 Å². The number of benzene rings is 2. The van der Waals surface area contributed by atoms with Crippen molar-refractivity contribution in [3.8, 4) is 5.75 Å². The Labute approximate surface area is 181 Å². The lowest BCUT2D eigenvalue weighted by molar-refractivity contribution is -0.139. The summed E-state index contributed by atoms with van der Waals surface area (Å²) in [7, 11) is -0.883. The van der Waals surface area contributed by atoms with E-state index in [1.54, 1.807) is 31.2 Å². The van der Waals surface area contributed by atoms with Crippen LogP contribution in [0.1, 0.15) is 12.5 Å². The van der Waals surface area contributed by atoms with E-state index >= 15 is 0 Å². The summed E-state index contributed by atoms with van der Waals surface area (Å²) >= 11 is 0. The minimum Gasteiger partial charge on any atom is -0.497 e. The number of hydrogen-bond acceptors (Lipinski definition) is 5. The molecule has 0 unspecified atom stereocenters. The Morgan fingerprint density at radius 3 is 2.35 bits per heavy atom. The van der Waals surface area contributed by atoms with Gasteiger partial charge < -0.3 is 15.0 Å². The largest absolute Gasteiger partial charge is 0.497 e. The Balaban J connectivity index is 2.37. The summed E-state index contributed by atoms with van der Waals surface area (Å²) in [5.74, 6) is -0.935. The molecular formula is C21H26FN3O5S. The second kappa shape index (κ2) is 10.3. The molecule has 1 atom stereocenters. The summed E-state index contributed by atoms with van der Waals surface area (Å²) < 4.78 is 44.0. The third kappa shape index (κ3) is 6.42. The van der Waals surface area contributed by atoms with Crippen LogP contribution in [-0.4, -0.2) is 58.1 Å². The first-order chi connectivity index (χ1) is 14.6. The first-order valence-corrected chi connectivity index (χ1v) is 11.3. The van der Waals surface area contributed by atoms with Crippen molar-refractivity contribution in [3.63, 3.8) is 0 Å². The summed E-state index contributed by atoms with van der Waals surface area (Å²) in [6.45, 7) is 1.07. The van der Waals surface area contributed by atoms with Gasteiger partial charge in [0.05, 0.1) is 19.1 Å². The fraction of sp³-hybridized carbons (Fsp3) is 0.333. The third-order valence-corrected chi connectivity index (χ3v) is 5.84. The van der Waals surface area contributed by atoms with E-state index in [0.717, 1.165) is 22.7 Å². The van der Waals surface area contributed by atoms with Crippen molar-refractivity contribution >= 4 is 27.5 Å². The molecule has 0 radical (unpaired) electrons. The minimum atomic E-state index is -3.85. The van der Waals surface area contributed by atoms with Gasteiger partial charge in [-0.3, -0.25) is 13.9 Å². The highest BCUT2D eigenvalue weighted by Gasteiger charge is 2.29. The third-order valence-electron chi connectivity index (χ3n) is 4.69. The molecule has 0 aromatic heterocycles. The van der Waals surface area contributed by atoms with Crippen LogP contribution in [0.2, 0.25) is 0 Å². The van der Waals surface area contributed by atoms with Gasteiger partial charge in [-0.25, -0.2) is 12.8 Å². The molecule has 8 nitrogen and oxygen atoms in total. The number of carbonyl (C=O) groups excluding carboxylic acids is 2. The molecule has 0 aliphatic carbocycles. The molecular weight excluding hydrogens is 425 g/mol. The number of anilines is 1. The highest BCUT2D eigenvalue weighted by Crippen LogP contribution is 2.20. The molecule has 0 aliphatic heterocycles. The minimum absolute atomic E-state index is 0.0612. The highest BCUT2D eigenvalue weighted by atomic mass is 32.2. The molecule has 0 heterocycles. The normalized spacial score (nSPS) is 12.0. The first-order valence-electron chi connectivity index (χ1n) is 9.44. The molecule has 2 amide bonds. The van der Waals surface area contributed by atoms with E-state index in [1.165, 1.54) is 31.2 Å². The number of hydrogen-bond donors (Lipinski definition) is 1. The SMILES string of the molecule is CNC(=O)[C@H](C)N(Cc1cccc(OC)c1)C(=O)CN(c1ccc(F)cc1)S(C)(=O)=O. The summed E-state index contributed by atoms with van der Waals surface area (Å²) in [5.41, 5.74) is 0.849. The Hall–Kier alpha value is -3.14. The van der Waals surface area contributed by atoms with Gasteiger partial charge in [0.15, 0.2) is 0 Å². The van der Waals surface area contributed by atoms with Crippen LogP contribution in [0.15, 0.2) is 48.5 Å². The van der Waals surface area contributed by atoms with Gasteiger partial charge in [0.25, 0.3) is 0 Å². The number of nitrogens with one attached hydrogen (secondary N) is 1. The van der Waals surface area contributed by atoms with Gasteiger partial charge in [0.2, 0.25) is 21.8 Å². The van der Waals surface area contributed by atoms with E-state index in [0.29, 0.717) is 11.3 Å². The van der Waals surface area contributed by atoms with Crippen molar-refractivity contribution < 1.29 is 27.1 Å². The number of nitrogens with zero attached hydrogens (tertiary/aromatic N) is 2. The molecule has 2 aromatic carbocycles. The fourth-order valence-electron chi connectivity index (χ4n) is 2.98. The number of carbonyl (C=O) groups is 2. The lowest BCUT2D eigenvalue weighted by Crippen LogP contribution is -2.50. The standard InChI is InChI=1S/C21H26FN3O5S/c1-15(21(27)23-2)24(13-16-6-5-7-19(12-16)30-3)20(26)14-25(31(4,28)29)18-10-8-17(22)9-11-18/h5-12,15H,13-14H2,1-4H3,(H,23,27)/t15-/m0/s1. The van der Waals surface area contributed by atoms with E-state index in [-0.39, 0.29) is 12.2 Å². The van der Waals surface area contributed by atoms with Crippen LogP contribution in [-0.2, 0) is 26.2 Å². The quantitative estimate of drug-likeness (QED) is 0.627. The van der Waals surface area contributed by atoms with Crippen molar-refractivity contribution in [1.82, 2.24) is 10.2 Å². The van der Waals surface area contributed by atoms with E-state index in [1.807, 2.05) is 0 Å². The predicted molar refractivity (Wildman–Crippen MR) is 116 cm³/mol. The summed E-state index contributed by atoms with van der Waals surface area (Å²) in [6, 6.07) is 10.9. The van der Waals surface area contributed by atoms with Crippen LogP contribution in [0, 0.1) is 5.82 Å². The molecule has 0 fully saturated rings. The topological polar surface area (TPSA) is 96.0 Å². The van der Waals surface area contributed by atoms with E-state index in [2.05, 4.69) is 5.32 Å². The number of likely N-dealkylation sites (N-methyl/N-ethyl adjacent to an activating group) is 1. The summed E-state index contributed by atoms with van der Waals surface area (Å²) in [5, 5.41) is 2.50. The fourth-order valence-corrected chi connectivity index (χ4v) is 3.83. The lowest BCUT2D eigenvalue weighted by Gasteiger charge is -2.31. The molecule has 10 heteroatoms. The second-order valence-electron chi connectivity index (χ2n) is 6.91. The van der Waals surface area contributed by atoms with Crippen LogP contribution in [0.5, 0.6) is 5.75 Å². The van der Waals surface area contributed by atoms with Gasteiger partial charge in [0, 0.05) is 13.6 Å². The Bertz CT molecular complexity index is 1030. The molecule has 0 bridgehead atoms. The van der Waals surface area contributed by atoms with E-state index in [4.69, 9.17) is 4.74 Å². The molecule has 2 rings (SSSR count). The zero-order valence-electron chi connectivity index (χ0n) is 17.8. The zero-order chi connectivity index (χ0) is 23.2. The van der Waals surface area contributed by atoms with Crippen molar-refractivity contribution in [1.29, 1.82) is 0 Å². The molecule has 0 saturated heterocycles. The molecule has 168 valence electrons. The van der Waals surface area contributed by atoms with E-state index < -0.39 is 40.2 Å². The maximum absolute atomic E-state index is 13.3. The second-order valence-corrected chi connectivity index (χ2v) is 8.82. The van der Waals surface area contributed by atoms with Gasteiger partial charge in [-0.2, -0.15) is 0 Å². The average molecular weight is 452 g/mol. The van der Waals surface area contributed by atoms with Crippen molar-refractivity contribution in [3.05, 3.63) is 59.9 Å². The first kappa shape index (κ1) is 24.1. The number of ether oxygens (including phenoxy) is 1. The molecule has 0 spiro atoms. The monoisotopic (exact) mass is 451 g/mol. The molecule has 0 aliphatic rings. The number of sulfonamides is 1. The highest BCUT2D eigenvalue weighted by molar-refractivity contribution is 7.92.